The van der Waals surface area contributed by atoms with Crippen molar-refractivity contribution in [1.29, 1.82) is 0 Å². The molecule has 0 aliphatic heterocycles. The Bertz CT molecular complexity index is 1340. The van der Waals surface area contributed by atoms with Gasteiger partial charge in [0.2, 0.25) is 0 Å². The summed E-state index contributed by atoms with van der Waals surface area (Å²) in [6.45, 7) is 2.23. The van der Waals surface area contributed by atoms with Crippen LogP contribution in [0.15, 0.2) is 82.7 Å². The molecule has 0 spiro atoms. The molecule has 0 aliphatic carbocycles. The number of aryl methyl sites for hydroxylation is 1. The highest BCUT2D eigenvalue weighted by molar-refractivity contribution is 5.80. The number of hydrogen-bond donors (Lipinski definition) is 0. The second-order valence-electron chi connectivity index (χ2n) is 7.04. The topological polar surface area (TPSA) is 99.6 Å². The molecular formula is C24H20N4O4. The number of hydrogen-bond acceptors (Lipinski definition) is 6. The summed E-state index contributed by atoms with van der Waals surface area (Å²) in [6, 6.07) is 20.7. The molecule has 32 heavy (non-hydrogen) atoms. The Morgan fingerprint density at radius 3 is 2.47 bits per heavy atom. The minimum Gasteiger partial charge on any atom is -0.489 e. The SMILES string of the molecule is CCc1nc2ccccc2c(=O)n1/N=C\c1ccc(OCc2ccc([N+](=O)[O-])cc2)cc1. The van der Waals surface area contributed by atoms with Crippen molar-refractivity contribution in [3.63, 3.8) is 0 Å². The number of para-hydroxylation sites is 1. The highest BCUT2D eigenvalue weighted by Gasteiger charge is 2.08. The maximum atomic E-state index is 12.8. The fourth-order valence-corrected chi connectivity index (χ4v) is 3.17. The van der Waals surface area contributed by atoms with Crippen LogP contribution in [-0.4, -0.2) is 20.8 Å². The van der Waals surface area contributed by atoms with E-state index in [0.29, 0.717) is 35.5 Å². The van der Waals surface area contributed by atoms with Gasteiger partial charge in [-0.1, -0.05) is 19.1 Å². The third-order valence-electron chi connectivity index (χ3n) is 4.89. The minimum absolute atomic E-state index is 0.0457. The van der Waals surface area contributed by atoms with Crippen molar-refractivity contribution in [2.45, 2.75) is 20.0 Å². The zero-order valence-corrected chi connectivity index (χ0v) is 17.3. The maximum absolute atomic E-state index is 12.8. The predicted molar refractivity (Wildman–Crippen MR) is 122 cm³/mol. The van der Waals surface area contributed by atoms with Crippen LogP contribution in [0.3, 0.4) is 0 Å². The zero-order chi connectivity index (χ0) is 22.5. The van der Waals surface area contributed by atoms with E-state index in [1.807, 2.05) is 31.2 Å². The van der Waals surface area contributed by atoms with Crippen molar-refractivity contribution in [1.82, 2.24) is 9.66 Å². The Morgan fingerprint density at radius 2 is 1.78 bits per heavy atom. The van der Waals surface area contributed by atoms with Crippen molar-refractivity contribution in [2.24, 2.45) is 5.10 Å². The molecule has 160 valence electrons. The van der Waals surface area contributed by atoms with Gasteiger partial charge >= 0.3 is 0 Å². The summed E-state index contributed by atoms with van der Waals surface area (Å²) in [5, 5.41) is 15.6. The lowest BCUT2D eigenvalue weighted by molar-refractivity contribution is -0.384. The van der Waals surface area contributed by atoms with Crippen molar-refractivity contribution >= 4 is 22.8 Å². The second-order valence-corrected chi connectivity index (χ2v) is 7.04. The molecule has 8 nitrogen and oxygen atoms in total. The quantitative estimate of drug-likeness (QED) is 0.248. The zero-order valence-electron chi connectivity index (χ0n) is 17.3. The molecule has 0 N–H and O–H groups in total. The van der Waals surface area contributed by atoms with Crippen LogP contribution in [0.1, 0.15) is 23.9 Å². The fourth-order valence-electron chi connectivity index (χ4n) is 3.17. The fraction of sp³-hybridized carbons (Fsp3) is 0.125. The van der Waals surface area contributed by atoms with Crippen LogP contribution < -0.4 is 10.3 Å². The Kier molecular flexibility index (Phi) is 6.03. The van der Waals surface area contributed by atoms with Crippen molar-refractivity contribution in [3.05, 3.63) is 110 Å². The van der Waals surface area contributed by atoms with E-state index in [4.69, 9.17) is 4.74 Å². The third-order valence-corrected chi connectivity index (χ3v) is 4.89. The van der Waals surface area contributed by atoms with Crippen LogP contribution in [0.25, 0.3) is 10.9 Å². The van der Waals surface area contributed by atoms with E-state index in [1.165, 1.54) is 16.8 Å². The summed E-state index contributed by atoms with van der Waals surface area (Å²) in [7, 11) is 0. The molecule has 0 unspecified atom stereocenters. The molecule has 0 atom stereocenters. The Hall–Kier alpha value is -4.33. The first-order chi connectivity index (χ1) is 15.5. The molecule has 3 aromatic carbocycles. The maximum Gasteiger partial charge on any atom is 0.282 e. The van der Waals surface area contributed by atoms with E-state index in [-0.39, 0.29) is 11.2 Å². The molecule has 0 saturated carbocycles. The van der Waals surface area contributed by atoms with Gasteiger partial charge in [-0.3, -0.25) is 14.9 Å². The Morgan fingerprint density at radius 1 is 1.06 bits per heavy atom. The molecule has 1 aromatic heterocycles. The average Bonchev–Trinajstić information content (AvgIpc) is 2.83. The second kappa shape index (κ2) is 9.22. The summed E-state index contributed by atoms with van der Waals surface area (Å²) in [6.07, 6.45) is 2.18. The number of fused-ring (bicyclic) bond motifs is 1. The van der Waals surface area contributed by atoms with Gasteiger partial charge in [-0.25, -0.2) is 4.98 Å². The molecule has 0 aliphatic rings. The number of nitro benzene ring substituents is 1. The van der Waals surface area contributed by atoms with E-state index in [0.717, 1.165) is 11.1 Å². The van der Waals surface area contributed by atoms with E-state index in [9.17, 15) is 14.9 Å². The standard InChI is InChI=1S/C24H20N4O4/c1-2-23-26-22-6-4-3-5-21(22)24(29)27(23)25-15-17-9-13-20(14-10-17)32-16-18-7-11-19(12-8-18)28(30)31/h3-15H,2,16H2,1H3/b25-15-. The normalized spacial score (nSPS) is 11.2. The van der Waals surface area contributed by atoms with Crippen LogP contribution in [-0.2, 0) is 13.0 Å². The molecule has 0 saturated heterocycles. The lowest BCUT2D eigenvalue weighted by Crippen LogP contribution is -2.22. The first kappa shape index (κ1) is 20.9. The van der Waals surface area contributed by atoms with Crippen LogP contribution in [0.2, 0.25) is 0 Å². The number of ether oxygens (including phenoxy) is 1. The predicted octanol–water partition coefficient (Wildman–Crippen LogP) is 4.33. The van der Waals surface area contributed by atoms with E-state index in [2.05, 4.69) is 10.1 Å². The van der Waals surface area contributed by atoms with Gasteiger partial charge in [0.15, 0.2) is 0 Å². The number of nitro groups is 1. The van der Waals surface area contributed by atoms with Gasteiger partial charge in [-0.05, 0) is 59.7 Å². The smallest absolute Gasteiger partial charge is 0.282 e. The average molecular weight is 428 g/mol. The lowest BCUT2D eigenvalue weighted by atomic mass is 10.2. The van der Waals surface area contributed by atoms with Gasteiger partial charge in [0.1, 0.15) is 18.2 Å². The molecule has 4 aromatic rings. The first-order valence-electron chi connectivity index (χ1n) is 10.1. The number of aromatic nitrogens is 2. The van der Waals surface area contributed by atoms with Gasteiger partial charge in [-0.2, -0.15) is 9.78 Å². The summed E-state index contributed by atoms with van der Waals surface area (Å²) >= 11 is 0. The molecule has 4 rings (SSSR count). The Labute approximate surface area is 183 Å². The van der Waals surface area contributed by atoms with Gasteiger partial charge in [-0.15, -0.1) is 0 Å². The number of benzene rings is 3. The largest absolute Gasteiger partial charge is 0.489 e. The van der Waals surface area contributed by atoms with E-state index < -0.39 is 4.92 Å². The van der Waals surface area contributed by atoms with E-state index in [1.54, 1.807) is 42.6 Å². The van der Waals surface area contributed by atoms with Gasteiger partial charge in [0, 0.05) is 18.6 Å². The highest BCUT2D eigenvalue weighted by Crippen LogP contribution is 2.16. The number of nitrogens with zero attached hydrogens (tertiary/aromatic N) is 4. The van der Waals surface area contributed by atoms with Gasteiger partial charge in [0.05, 0.1) is 22.0 Å². The van der Waals surface area contributed by atoms with E-state index >= 15 is 0 Å². The van der Waals surface area contributed by atoms with Crippen molar-refractivity contribution in [3.8, 4) is 5.75 Å². The van der Waals surface area contributed by atoms with Crippen LogP contribution >= 0.6 is 0 Å². The molecule has 1 heterocycles. The van der Waals surface area contributed by atoms with Crippen LogP contribution in [0, 0.1) is 10.1 Å². The summed E-state index contributed by atoms with van der Waals surface area (Å²) in [4.78, 5) is 27.6. The minimum atomic E-state index is -0.434. The number of non-ortho nitro benzene ring substituents is 1. The molecule has 0 bridgehead atoms. The summed E-state index contributed by atoms with van der Waals surface area (Å²) in [5.74, 6) is 1.24. The molecule has 0 amide bonds. The lowest BCUT2D eigenvalue weighted by Gasteiger charge is -2.08. The van der Waals surface area contributed by atoms with Crippen LogP contribution in [0.5, 0.6) is 5.75 Å². The van der Waals surface area contributed by atoms with Crippen molar-refractivity contribution < 1.29 is 9.66 Å². The summed E-state index contributed by atoms with van der Waals surface area (Å²) < 4.78 is 7.07. The van der Waals surface area contributed by atoms with Gasteiger partial charge < -0.3 is 4.74 Å². The summed E-state index contributed by atoms with van der Waals surface area (Å²) in [5.41, 5.74) is 2.14. The molecular weight excluding hydrogens is 408 g/mol. The molecule has 0 radical (unpaired) electrons. The molecule has 0 fully saturated rings. The Balaban J connectivity index is 1.47. The highest BCUT2D eigenvalue weighted by atomic mass is 16.6. The van der Waals surface area contributed by atoms with Crippen LogP contribution in [0.4, 0.5) is 5.69 Å². The monoisotopic (exact) mass is 428 g/mol. The number of rotatable bonds is 7. The molecule has 8 heteroatoms. The van der Waals surface area contributed by atoms with Crippen molar-refractivity contribution in [2.75, 3.05) is 0 Å². The van der Waals surface area contributed by atoms with Gasteiger partial charge in [0.25, 0.3) is 11.2 Å². The first-order valence-corrected chi connectivity index (χ1v) is 10.1. The third kappa shape index (κ3) is 4.54.